The van der Waals surface area contributed by atoms with Crippen molar-refractivity contribution in [3.63, 3.8) is 0 Å². The highest BCUT2D eigenvalue weighted by molar-refractivity contribution is 5.86. The Morgan fingerprint density at radius 1 is 0.837 bits per heavy atom. The molecular weight excluding hydrogens is 536 g/mol. The number of hydrogen-bond acceptors (Lipinski definition) is 5. The smallest absolute Gasteiger partial charge is 0.487 e. The van der Waals surface area contributed by atoms with E-state index in [2.05, 4.69) is 66.9 Å². The van der Waals surface area contributed by atoms with Crippen molar-refractivity contribution in [3.05, 3.63) is 114 Å². The van der Waals surface area contributed by atoms with Gasteiger partial charge in [0.05, 0.1) is 5.52 Å². The fourth-order valence-electron chi connectivity index (χ4n) is 5.06. The van der Waals surface area contributed by atoms with Crippen LogP contribution in [-0.2, 0) is 24.3 Å². The molecule has 5 rings (SSSR count). The van der Waals surface area contributed by atoms with Gasteiger partial charge in [0, 0.05) is 18.5 Å². The SMILES string of the molecule is CCCCc1nc2c(C)ccc(OCc3ccccc3)c2n1Cc1ccc(-c2ccccc2OC(=O)OC(C)(C)C)cc1. The molecule has 0 fully saturated rings. The van der Waals surface area contributed by atoms with Crippen molar-refractivity contribution in [2.24, 2.45) is 0 Å². The van der Waals surface area contributed by atoms with E-state index in [0.717, 1.165) is 69.7 Å². The molecule has 43 heavy (non-hydrogen) atoms. The average molecular weight is 577 g/mol. The molecule has 6 nitrogen and oxygen atoms in total. The van der Waals surface area contributed by atoms with Crippen molar-refractivity contribution in [2.45, 2.75) is 72.6 Å². The number of fused-ring (bicyclic) bond motifs is 1. The van der Waals surface area contributed by atoms with Gasteiger partial charge in [-0.25, -0.2) is 9.78 Å². The molecule has 5 aromatic rings. The summed E-state index contributed by atoms with van der Waals surface area (Å²) in [5.41, 5.74) is 6.56. The fraction of sp³-hybridized carbons (Fsp3) is 0.297. The molecule has 0 aliphatic heterocycles. The quantitative estimate of drug-likeness (QED) is 0.122. The molecule has 0 aliphatic rings. The van der Waals surface area contributed by atoms with Gasteiger partial charge in [-0.1, -0.05) is 92.2 Å². The normalized spacial score (nSPS) is 11.5. The fourth-order valence-corrected chi connectivity index (χ4v) is 5.06. The summed E-state index contributed by atoms with van der Waals surface area (Å²) in [7, 11) is 0. The Labute approximate surface area is 254 Å². The van der Waals surface area contributed by atoms with Gasteiger partial charge in [-0.15, -0.1) is 0 Å². The van der Waals surface area contributed by atoms with Crippen molar-refractivity contribution in [1.82, 2.24) is 9.55 Å². The van der Waals surface area contributed by atoms with Gasteiger partial charge in [-0.3, -0.25) is 0 Å². The number of unbranched alkanes of at least 4 members (excludes halogenated alkanes) is 1. The number of carbonyl (C=O) groups excluding carboxylic acids is 1. The lowest BCUT2D eigenvalue weighted by Crippen LogP contribution is -2.26. The molecule has 0 atom stereocenters. The molecule has 0 unspecified atom stereocenters. The number of rotatable bonds is 10. The maximum Gasteiger partial charge on any atom is 0.514 e. The minimum absolute atomic E-state index is 0.461. The van der Waals surface area contributed by atoms with E-state index in [1.165, 1.54) is 0 Å². The number of aromatic nitrogens is 2. The van der Waals surface area contributed by atoms with Crippen molar-refractivity contribution in [1.29, 1.82) is 0 Å². The minimum atomic E-state index is -0.719. The Balaban J connectivity index is 1.45. The van der Waals surface area contributed by atoms with Crippen LogP contribution in [0.3, 0.4) is 0 Å². The van der Waals surface area contributed by atoms with Gasteiger partial charge in [0.25, 0.3) is 0 Å². The molecule has 0 amide bonds. The zero-order valence-corrected chi connectivity index (χ0v) is 25.7. The maximum absolute atomic E-state index is 12.4. The number of ether oxygens (including phenoxy) is 3. The number of para-hydroxylation sites is 1. The lowest BCUT2D eigenvalue weighted by Gasteiger charge is -2.19. The van der Waals surface area contributed by atoms with Crippen molar-refractivity contribution in [2.75, 3.05) is 0 Å². The Morgan fingerprint density at radius 2 is 1.56 bits per heavy atom. The van der Waals surface area contributed by atoms with Gasteiger partial charge in [-0.05, 0) is 68.5 Å². The summed E-state index contributed by atoms with van der Waals surface area (Å²) in [6.45, 7) is 10.9. The van der Waals surface area contributed by atoms with Gasteiger partial charge in [0.15, 0.2) is 0 Å². The number of hydrogen-bond donors (Lipinski definition) is 0. The highest BCUT2D eigenvalue weighted by atomic mass is 16.7. The Kier molecular flexibility index (Phi) is 9.15. The third-order valence-electron chi connectivity index (χ3n) is 7.20. The van der Waals surface area contributed by atoms with E-state index in [9.17, 15) is 4.79 Å². The molecule has 0 N–H and O–H groups in total. The van der Waals surface area contributed by atoms with E-state index in [-0.39, 0.29) is 0 Å². The average Bonchev–Trinajstić information content (AvgIpc) is 3.35. The third kappa shape index (κ3) is 7.44. The van der Waals surface area contributed by atoms with E-state index in [1.807, 2.05) is 57.2 Å². The van der Waals surface area contributed by atoms with Gasteiger partial charge in [0.1, 0.15) is 35.0 Å². The summed E-state index contributed by atoms with van der Waals surface area (Å²) in [6, 6.07) is 30.3. The molecule has 222 valence electrons. The van der Waals surface area contributed by atoms with Crippen LogP contribution in [0.2, 0.25) is 0 Å². The van der Waals surface area contributed by atoms with E-state index in [4.69, 9.17) is 19.2 Å². The summed E-state index contributed by atoms with van der Waals surface area (Å²) in [5.74, 6) is 2.36. The summed E-state index contributed by atoms with van der Waals surface area (Å²) < 4.78 is 19.7. The second kappa shape index (κ2) is 13.2. The molecule has 0 saturated heterocycles. The second-order valence-corrected chi connectivity index (χ2v) is 11.8. The van der Waals surface area contributed by atoms with Crippen LogP contribution in [0, 0.1) is 6.92 Å². The molecule has 0 radical (unpaired) electrons. The van der Waals surface area contributed by atoms with Crippen LogP contribution in [-0.4, -0.2) is 21.3 Å². The highest BCUT2D eigenvalue weighted by Gasteiger charge is 2.20. The minimum Gasteiger partial charge on any atom is -0.487 e. The Bertz CT molecular complexity index is 1680. The second-order valence-electron chi connectivity index (χ2n) is 11.8. The predicted molar refractivity (Wildman–Crippen MR) is 172 cm³/mol. The zero-order valence-electron chi connectivity index (χ0n) is 25.7. The molecule has 4 aromatic carbocycles. The topological polar surface area (TPSA) is 62.6 Å². The van der Waals surface area contributed by atoms with Gasteiger partial charge in [0.2, 0.25) is 0 Å². The highest BCUT2D eigenvalue weighted by Crippen LogP contribution is 2.33. The first kappa shape index (κ1) is 29.9. The number of nitrogens with zero attached hydrogens (tertiary/aromatic N) is 2. The summed E-state index contributed by atoms with van der Waals surface area (Å²) >= 11 is 0. The maximum atomic E-state index is 12.4. The first-order chi connectivity index (χ1) is 20.7. The molecule has 1 aromatic heterocycles. The lowest BCUT2D eigenvalue weighted by molar-refractivity contribution is 0.0207. The van der Waals surface area contributed by atoms with Crippen molar-refractivity contribution in [3.8, 4) is 22.6 Å². The number of carbonyl (C=O) groups is 1. The van der Waals surface area contributed by atoms with Crippen molar-refractivity contribution < 1.29 is 19.0 Å². The van der Waals surface area contributed by atoms with Crippen LogP contribution in [0.4, 0.5) is 4.79 Å². The van der Waals surface area contributed by atoms with Crippen LogP contribution in [0.1, 0.15) is 63.1 Å². The molecule has 0 saturated carbocycles. The van der Waals surface area contributed by atoms with Crippen LogP contribution >= 0.6 is 0 Å². The molecule has 0 spiro atoms. The lowest BCUT2D eigenvalue weighted by atomic mass is 10.0. The largest absolute Gasteiger partial charge is 0.514 e. The molecule has 0 aliphatic carbocycles. The number of imidazole rings is 1. The van der Waals surface area contributed by atoms with Crippen molar-refractivity contribution >= 4 is 17.2 Å². The molecular formula is C37H40N2O4. The summed E-state index contributed by atoms with van der Waals surface area (Å²) in [4.78, 5) is 17.5. The number of benzene rings is 4. The first-order valence-corrected chi connectivity index (χ1v) is 15.0. The Hall–Kier alpha value is -4.58. The monoisotopic (exact) mass is 576 g/mol. The van der Waals surface area contributed by atoms with Crippen LogP contribution in [0.25, 0.3) is 22.2 Å². The van der Waals surface area contributed by atoms with E-state index in [1.54, 1.807) is 6.07 Å². The van der Waals surface area contributed by atoms with E-state index >= 15 is 0 Å². The third-order valence-corrected chi connectivity index (χ3v) is 7.20. The standard InChI is InChI=1S/C37H40N2O4/c1-6-7-17-33-38-34-26(2)18-23-32(41-25-28-13-9-8-10-14-28)35(34)39(33)24-27-19-21-29(22-20-27)30-15-11-12-16-31(30)42-36(40)43-37(3,4)5/h8-16,18-23H,6-7,17,24-25H2,1-5H3. The first-order valence-electron chi connectivity index (χ1n) is 15.0. The molecule has 0 bridgehead atoms. The Morgan fingerprint density at radius 3 is 2.28 bits per heavy atom. The molecule has 1 heterocycles. The van der Waals surface area contributed by atoms with Crippen LogP contribution in [0.5, 0.6) is 11.5 Å². The van der Waals surface area contributed by atoms with E-state index in [0.29, 0.717) is 18.9 Å². The van der Waals surface area contributed by atoms with Gasteiger partial charge in [-0.2, -0.15) is 0 Å². The zero-order chi connectivity index (χ0) is 30.4. The van der Waals surface area contributed by atoms with Crippen LogP contribution in [0.15, 0.2) is 91.0 Å². The summed E-state index contributed by atoms with van der Waals surface area (Å²) in [6.07, 6.45) is 2.34. The van der Waals surface area contributed by atoms with Gasteiger partial charge >= 0.3 is 6.16 Å². The molecule has 6 heteroatoms. The number of aryl methyl sites for hydroxylation is 2. The van der Waals surface area contributed by atoms with Gasteiger partial charge < -0.3 is 18.8 Å². The van der Waals surface area contributed by atoms with E-state index < -0.39 is 11.8 Å². The predicted octanol–water partition coefficient (Wildman–Crippen LogP) is 9.30. The van der Waals surface area contributed by atoms with Crippen LogP contribution < -0.4 is 9.47 Å². The summed E-state index contributed by atoms with van der Waals surface area (Å²) in [5, 5.41) is 0.